The van der Waals surface area contributed by atoms with Crippen LogP contribution in [0.25, 0.3) is 0 Å². The molecule has 2 aromatic carbocycles. The topological polar surface area (TPSA) is 112 Å². The van der Waals surface area contributed by atoms with Crippen molar-refractivity contribution >= 4 is 46.2 Å². The van der Waals surface area contributed by atoms with Crippen molar-refractivity contribution in [2.75, 3.05) is 7.11 Å². The molecule has 0 saturated heterocycles. The van der Waals surface area contributed by atoms with Crippen LogP contribution in [0.5, 0.6) is 5.75 Å². The van der Waals surface area contributed by atoms with Gasteiger partial charge < -0.3 is 15.4 Å². The highest BCUT2D eigenvalue weighted by molar-refractivity contribution is 8.15. The normalized spacial score (nSPS) is 19.0. The number of carbonyl (C=O) groups excluding carboxylic acids is 3. The van der Waals surface area contributed by atoms with Crippen LogP contribution in [-0.2, 0) is 20.9 Å². The number of carbonyl (C=O) groups is 3. The van der Waals surface area contributed by atoms with Crippen LogP contribution < -0.4 is 15.4 Å². The van der Waals surface area contributed by atoms with Crippen molar-refractivity contribution in [3.05, 3.63) is 59.7 Å². The number of benzene rings is 2. The molecule has 2 aliphatic heterocycles. The van der Waals surface area contributed by atoms with Gasteiger partial charge in [-0.3, -0.25) is 19.4 Å². The third-order valence-corrected chi connectivity index (χ3v) is 9.04. The minimum atomic E-state index is -0.699. The van der Waals surface area contributed by atoms with E-state index in [0.717, 1.165) is 42.5 Å². The Bertz CT molecular complexity index is 1350. The molecule has 3 amide bonds. The molecule has 2 heterocycles. The summed E-state index contributed by atoms with van der Waals surface area (Å²) in [7, 11) is 1.60. The van der Waals surface area contributed by atoms with Gasteiger partial charge in [0.15, 0.2) is 5.17 Å². The SMILES string of the molecule is CC[C@H](SC1=Nc2ccccc2C2=N[C@H](CCC(=O)NCc3ccccc3OC)C(=O)N12)C(=O)NC1CCCCC1. The largest absolute Gasteiger partial charge is 0.496 e. The molecule has 0 spiro atoms. The monoisotopic (exact) mass is 575 g/mol. The fourth-order valence-corrected chi connectivity index (χ4v) is 6.49. The molecule has 2 atom stereocenters. The number of hydrogen-bond donors (Lipinski definition) is 2. The fourth-order valence-electron chi connectivity index (χ4n) is 5.46. The van der Waals surface area contributed by atoms with Crippen molar-refractivity contribution in [1.82, 2.24) is 15.5 Å². The highest BCUT2D eigenvalue weighted by Gasteiger charge is 2.42. The number of rotatable bonds is 10. The Morgan fingerprint density at radius 2 is 1.85 bits per heavy atom. The Morgan fingerprint density at radius 1 is 1.10 bits per heavy atom. The molecule has 1 aliphatic carbocycles. The number of nitrogens with zero attached hydrogens (tertiary/aromatic N) is 3. The number of amides is 3. The van der Waals surface area contributed by atoms with Crippen LogP contribution in [0.2, 0.25) is 0 Å². The lowest BCUT2D eigenvalue weighted by atomic mass is 9.95. The molecule has 0 bridgehead atoms. The zero-order chi connectivity index (χ0) is 28.8. The van der Waals surface area contributed by atoms with Gasteiger partial charge in [-0.1, -0.05) is 68.3 Å². The number of aliphatic imine (C=N–C) groups is 2. The molecule has 9 nitrogen and oxygen atoms in total. The second-order valence-electron chi connectivity index (χ2n) is 10.5. The predicted octanol–water partition coefficient (Wildman–Crippen LogP) is 4.71. The van der Waals surface area contributed by atoms with E-state index in [1.807, 2.05) is 55.5 Å². The minimum absolute atomic E-state index is 0.0145. The number of amidine groups is 2. The first-order valence-electron chi connectivity index (χ1n) is 14.4. The zero-order valence-electron chi connectivity index (χ0n) is 23.6. The summed E-state index contributed by atoms with van der Waals surface area (Å²) in [5, 5.41) is 6.22. The molecule has 216 valence electrons. The first-order chi connectivity index (χ1) is 20.0. The number of para-hydroxylation sites is 2. The van der Waals surface area contributed by atoms with Gasteiger partial charge in [0.2, 0.25) is 11.8 Å². The van der Waals surface area contributed by atoms with Gasteiger partial charge in [0.05, 0.1) is 18.0 Å². The smallest absolute Gasteiger partial charge is 0.259 e. The van der Waals surface area contributed by atoms with Gasteiger partial charge >= 0.3 is 0 Å². The molecular weight excluding hydrogens is 538 g/mol. The summed E-state index contributed by atoms with van der Waals surface area (Å²) in [6, 6.07) is 14.6. The molecule has 2 N–H and O–H groups in total. The van der Waals surface area contributed by atoms with E-state index in [1.165, 1.54) is 18.2 Å². The van der Waals surface area contributed by atoms with Crippen molar-refractivity contribution in [1.29, 1.82) is 0 Å². The van der Waals surface area contributed by atoms with Crippen LogP contribution in [0.4, 0.5) is 5.69 Å². The lowest BCUT2D eigenvalue weighted by Crippen LogP contribution is -2.45. The van der Waals surface area contributed by atoms with Crippen molar-refractivity contribution in [2.24, 2.45) is 9.98 Å². The number of methoxy groups -OCH3 is 1. The van der Waals surface area contributed by atoms with Crippen molar-refractivity contribution in [3.8, 4) is 5.75 Å². The Hall–Kier alpha value is -3.66. The average Bonchev–Trinajstić information content (AvgIpc) is 3.34. The number of ether oxygens (including phenoxy) is 1. The second kappa shape index (κ2) is 13.3. The van der Waals surface area contributed by atoms with Crippen LogP contribution in [0.1, 0.15) is 69.4 Å². The highest BCUT2D eigenvalue weighted by atomic mass is 32.2. The van der Waals surface area contributed by atoms with Gasteiger partial charge in [0.25, 0.3) is 5.91 Å². The molecule has 0 radical (unpaired) electrons. The van der Waals surface area contributed by atoms with E-state index < -0.39 is 6.04 Å². The lowest BCUT2D eigenvalue weighted by Gasteiger charge is -2.29. The van der Waals surface area contributed by atoms with Crippen LogP contribution in [-0.4, -0.2) is 58.1 Å². The van der Waals surface area contributed by atoms with E-state index in [-0.39, 0.29) is 41.9 Å². The standard InChI is InChI=1S/C31H37N5O4S/c1-3-26(29(38)33-21-12-5-4-6-13-21)41-31-35-23-15-9-8-14-22(23)28-34-24(30(39)36(28)31)17-18-27(37)32-19-20-11-7-10-16-25(20)40-2/h7-11,14-16,21,24,26H,3-6,12-13,17-19H2,1-2H3,(H,32,37)(H,33,38)/t24-,26+/m1/s1. The Kier molecular flexibility index (Phi) is 9.38. The Labute approximate surface area is 245 Å². The molecular formula is C31H37N5O4S. The molecule has 5 rings (SSSR count). The van der Waals surface area contributed by atoms with Gasteiger partial charge in [-0.05, 0) is 43.9 Å². The lowest BCUT2D eigenvalue weighted by molar-refractivity contribution is -0.125. The van der Waals surface area contributed by atoms with E-state index in [0.29, 0.717) is 29.7 Å². The second-order valence-corrected chi connectivity index (χ2v) is 11.7. The van der Waals surface area contributed by atoms with Crippen LogP contribution in [0.15, 0.2) is 58.5 Å². The third kappa shape index (κ3) is 6.64. The van der Waals surface area contributed by atoms with Gasteiger partial charge in [-0.2, -0.15) is 0 Å². The molecule has 41 heavy (non-hydrogen) atoms. The third-order valence-electron chi connectivity index (χ3n) is 7.72. The summed E-state index contributed by atoms with van der Waals surface area (Å²) in [5.41, 5.74) is 2.37. The summed E-state index contributed by atoms with van der Waals surface area (Å²) in [5.74, 6) is 0.843. The number of nitrogens with one attached hydrogen (secondary N) is 2. The zero-order valence-corrected chi connectivity index (χ0v) is 24.4. The van der Waals surface area contributed by atoms with E-state index in [9.17, 15) is 14.4 Å². The first-order valence-corrected chi connectivity index (χ1v) is 15.3. The maximum Gasteiger partial charge on any atom is 0.259 e. The summed E-state index contributed by atoms with van der Waals surface area (Å²) >= 11 is 1.31. The highest BCUT2D eigenvalue weighted by Crippen LogP contribution is 2.36. The summed E-state index contributed by atoms with van der Waals surface area (Å²) in [6.07, 6.45) is 6.55. The number of fused-ring (bicyclic) bond motifs is 3. The van der Waals surface area contributed by atoms with Crippen molar-refractivity contribution < 1.29 is 19.1 Å². The van der Waals surface area contributed by atoms with Crippen LogP contribution >= 0.6 is 11.8 Å². The quantitative estimate of drug-likeness (QED) is 0.426. The molecule has 1 fully saturated rings. The number of hydrogen-bond acceptors (Lipinski definition) is 7. The fraction of sp³-hybridized carbons (Fsp3) is 0.452. The van der Waals surface area contributed by atoms with Crippen LogP contribution in [0, 0.1) is 0 Å². The Morgan fingerprint density at radius 3 is 2.63 bits per heavy atom. The average molecular weight is 576 g/mol. The van der Waals surface area contributed by atoms with Crippen molar-refractivity contribution in [2.45, 2.75) is 82.2 Å². The maximum atomic E-state index is 13.7. The van der Waals surface area contributed by atoms with Gasteiger partial charge in [0.1, 0.15) is 17.6 Å². The Balaban J connectivity index is 1.26. The number of thioether (sulfide) groups is 1. The molecule has 10 heteroatoms. The van der Waals surface area contributed by atoms with Crippen molar-refractivity contribution in [3.63, 3.8) is 0 Å². The summed E-state index contributed by atoms with van der Waals surface area (Å²) in [4.78, 5) is 50.7. The first kappa shape index (κ1) is 28.9. The summed E-state index contributed by atoms with van der Waals surface area (Å²) in [6.45, 7) is 2.31. The minimum Gasteiger partial charge on any atom is -0.496 e. The van der Waals surface area contributed by atoms with Gasteiger partial charge in [-0.25, -0.2) is 9.89 Å². The van der Waals surface area contributed by atoms with E-state index in [4.69, 9.17) is 14.7 Å². The summed E-state index contributed by atoms with van der Waals surface area (Å²) < 4.78 is 5.36. The van der Waals surface area contributed by atoms with E-state index in [1.54, 1.807) is 12.0 Å². The van der Waals surface area contributed by atoms with Gasteiger partial charge in [-0.15, -0.1) is 0 Å². The van der Waals surface area contributed by atoms with Crippen LogP contribution in [0.3, 0.4) is 0 Å². The molecule has 0 unspecified atom stereocenters. The van der Waals surface area contributed by atoms with Gasteiger partial charge in [0, 0.05) is 30.1 Å². The molecule has 0 aromatic heterocycles. The molecule has 3 aliphatic rings. The molecule has 2 aromatic rings. The van der Waals surface area contributed by atoms with E-state index in [2.05, 4.69) is 10.6 Å². The van der Waals surface area contributed by atoms with E-state index >= 15 is 0 Å². The maximum absolute atomic E-state index is 13.7. The molecule has 1 saturated carbocycles. The predicted molar refractivity (Wildman–Crippen MR) is 161 cm³/mol.